The van der Waals surface area contributed by atoms with Crippen molar-refractivity contribution in [1.82, 2.24) is 10.6 Å². The molecule has 6 heteroatoms. The van der Waals surface area contributed by atoms with E-state index < -0.39 is 23.4 Å². The summed E-state index contributed by atoms with van der Waals surface area (Å²) >= 11 is 0. The number of aryl methyl sites for hydroxylation is 1. The van der Waals surface area contributed by atoms with Gasteiger partial charge in [0, 0.05) is 13.1 Å². The van der Waals surface area contributed by atoms with E-state index >= 15 is 0 Å². The molecule has 2 N–H and O–H groups in total. The van der Waals surface area contributed by atoms with E-state index in [4.69, 9.17) is 9.47 Å². The second-order valence-electron chi connectivity index (χ2n) is 8.22. The number of hydrogen-bond donors (Lipinski definition) is 2. The smallest absolute Gasteiger partial charge is 0.407 e. The molecule has 6 nitrogen and oxygen atoms in total. The number of ether oxygens (including phenoxy) is 2. The van der Waals surface area contributed by atoms with Gasteiger partial charge in [-0.1, -0.05) is 25.1 Å². The Kier molecular flexibility index (Phi) is 7.48. The normalized spacial score (nSPS) is 11.7. The Morgan fingerprint density at radius 2 is 1.12 bits per heavy atom. The maximum atomic E-state index is 11.8. The molecule has 1 aromatic carbocycles. The van der Waals surface area contributed by atoms with Crippen LogP contribution in [-0.2, 0) is 29.0 Å². The molecule has 0 fully saturated rings. The number of rotatable bonds is 5. The fourth-order valence-electron chi connectivity index (χ4n) is 2.22. The van der Waals surface area contributed by atoms with Crippen molar-refractivity contribution in [3.05, 3.63) is 34.9 Å². The van der Waals surface area contributed by atoms with Crippen molar-refractivity contribution in [3.63, 3.8) is 0 Å². The molecule has 0 aromatic heterocycles. The topological polar surface area (TPSA) is 76.7 Å². The lowest BCUT2D eigenvalue weighted by Gasteiger charge is -2.20. The molecule has 0 spiro atoms. The lowest BCUT2D eigenvalue weighted by molar-refractivity contribution is 0.0513. The molecule has 0 atom stereocenters. The monoisotopic (exact) mass is 364 g/mol. The molecule has 1 rings (SSSR count). The summed E-state index contributed by atoms with van der Waals surface area (Å²) in [4.78, 5) is 23.6. The summed E-state index contributed by atoms with van der Waals surface area (Å²) in [7, 11) is 0. The highest BCUT2D eigenvalue weighted by Crippen LogP contribution is 2.13. The summed E-state index contributed by atoms with van der Waals surface area (Å²) in [6.45, 7) is 13.7. The molecule has 146 valence electrons. The average Bonchev–Trinajstić information content (AvgIpc) is 2.47. The van der Waals surface area contributed by atoms with Crippen LogP contribution in [0.5, 0.6) is 0 Å². The quantitative estimate of drug-likeness (QED) is 0.817. The van der Waals surface area contributed by atoms with Crippen LogP contribution < -0.4 is 10.6 Å². The van der Waals surface area contributed by atoms with Crippen LogP contribution in [0.3, 0.4) is 0 Å². The van der Waals surface area contributed by atoms with Gasteiger partial charge in [0.2, 0.25) is 0 Å². The van der Waals surface area contributed by atoms with Gasteiger partial charge in [-0.05, 0) is 64.7 Å². The molecule has 0 saturated heterocycles. The first kappa shape index (κ1) is 21.8. The maximum Gasteiger partial charge on any atom is 0.407 e. The Morgan fingerprint density at radius 3 is 1.42 bits per heavy atom. The molecule has 0 radical (unpaired) electrons. The summed E-state index contributed by atoms with van der Waals surface area (Å²) in [6.07, 6.45) is -0.0413. The first-order valence-corrected chi connectivity index (χ1v) is 8.93. The minimum atomic E-state index is -0.530. The Labute approximate surface area is 156 Å². The zero-order valence-electron chi connectivity index (χ0n) is 17.0. The molecule has 0 aliphatic rings. The van der Waals surface area contributed by atoms with E-state index in [0.29, 0.717) is 13.1 Å². The summed E-state index contributed by atoms with van der Waals surface area (Å²) in [5.41, 5.74) is 1.98. The van der Waals surface area contributed by atoms with Gasteiger partial charge in [0.15, 0.2) is 0 Å². The van der Waals surface area contributed by atoms with E-state index in [1.165, 1.54) is 0 Å². The highest BCUT2D eigenvalue weighted by molar-refractivity contribution is 5.68. The molecular weight excluding hydrogens is 332 g/mol. The van der Waals surface area contributed by atoms with Crippen molar-refractivity contribution in [1.29, 1.82) is 0 Å². The molecule has 26 heavy (non-hydrogen) atoms. The summed E-state index contributed by atoms with van der Waals surface area (Å²) in [6, 6.07) is 6.02. The minimum Gasteiger partial charge on any atom is -0.444 e. The predicted octanol–water partition coefficient (Wildman–Crippen LogP) is 4.30. The van der Waals surface area contributed by atoms with Crippen LogP contribution in [0.15, 0.2) is 18.2 Å². The van der Waals surface area contributed by atoms with E-state index in [0.717, 1.165) is 23.1 Å². The van der Waals surface area contributed by atoms with Gasteiger partial charge < -0.3 is 20.1 Å². The first-order valence-electron chi connectivity index (χ1n) is 8.93. The SMILES string of the molecule is CCc1cc(CNC(=O)OC(C)(C)C)cc(CNC(=O)OC(C)(C)C)c1. The van der Waals surface area contributed by atoms with Crippen LogP contribution in [0.4, 0.5) is 9.59 Å². The maximum absolute atomic E-state index is 11.8. The predicted molar refractivity (Wildman–Crippen MR) is 102 cm³/mol. The van der Waals surface area contributed by atoms with Gasteiger partial charge in [0.05, 0.1) is 0 Å². The molecular formula is C20H32N2O4. The van der Waals surface area contributed by atoms with Gasteiger partial charge in [-0.25, -0.2) is 9.59 Å². The van der Waals surface area contributed by atoms with Crippen molar-refractivity contribution in [2.24, 2.45) is 0 Å². The van der Waals surface area contributed by atoms with E-state index in [1.54, 1.807) is 0 Å². The van der Waals surface area contributed by atoms with Crippen LogP contribution in [-0.4, -0.2) is 23.4 Å². The number of carbonyl (C=O) groups is 2. The molecule has 0 aliphatic heterocycles. The molecule has 0 saturated carbocycles. The van der Waals surface area contributed by atoms with Crippen LogP contribution in [0.25, 0.3) is 0 Å². The molecule has 0 bridgehead atoms. The fourth-order valence-corrected chi connectivity index (χ4v) is 2.22. The number of hydrogen-bond acceptors (Lipinski definition) is 4. The third-order valence-electron chi connectivity index (χ3n) is 3.19. The van der Waals surface area contributed by atoms with Gasteiger partial charge in [-0.15, -0.1) is 0 Å². The molecule has 0 aliphatic carbocycles. The summed E-state index contributed by atoms with van der Waals surface area (Å²) in [5, 5.41) is 5.51. The van der Waals surface area contributed by atoms with Crippen LogP contribution in [0.2, 0.25) is 0 Å². The Hall–Kier alpha value is -2.24. The third kappa shape index (κ3) is 9.30. The van der Waals surface area contributed by atoms with Crippen LogP contribution in [0.1, 0.15) is 65.2 Å². The van der Waals surface area contributed by atoms with Crippen molar-refractivity contribution >= 4 is 12.2 Å². The zero-order chi connectivity index (χ0) is 20.0. The minimum absolute atomic E-state index is 0.363. The van der Waals surface area contributed by atoms with Gasteiger partial charge in [0.1, 0.15) is 11.2 Å². The highest BCUT2D eigenvalue weighted by atomic mass is 16.6. The van der Waals surface area contributed by atoms with Crippen LogP contribution in [0, 0.1) is 0 Å². The third-order valence-corrected chi connectivity index (χ3v) is 3.19. The standard InChI is InChI=1S/C20H32N2O4/c1-8-14-9-15(12-21-17(23)25-19(2,3)4)11-16(10-14)13-22-18(24)26-20(5,6)7/h9-11H,8,12-13H2,1-7H3,(H,21,23)(H,22,24). The number of nitrogens with one attached hydrogen (secondary N) is 2. The summed E-state index contributed by atoms with van der Waals surface area (Å²) < 4.78 is 10.5. The lowest BCUT2D eigenvalue weighted by atomic mass is 10.0. The van der Waals surface area contributed by atoms with Gasteiger partial charge in [-0.2, -0.15) is 0 Å². The number of carbonyl (C=O) groups excluding carboxylic acids is 2. The van der Waals surface area contributed by atoms with Gasteiger partial charge in [-0.3, -0.25) is 0 Å². The van der Waals surface area contributed by atoms with Gasteiger partial charge >= 0.3 is 12.2 Å². The number of alkyl carbamates (subject to hydrolysis) is 2. The molecule has 1 aromatic rings. The Bertz CT molecular complexity index is 577. The lowest BCUT2D eigenvalue weighted by Crippen LogP contribution is -2.32. The van der Waals surface area contributed by atoms with E-state index in [9.17, 15) is 9.59 Å². The fraction of sp³-hybridized carbons (Fsp3) is 0.600. The number of benzene rings is 1. The molecule has 2 amide bonds. The van der Waals surface area contributed by atoms with Crippen molar-refractivity contribution in [2.75, 3.05) is 0 Å². The zero-order valence-corrected chi connectivity index (χ0v) is 17.0. The van der Waals surface area contributed by atoms with Crippen molar-refractivity contribution in [3.8, 4) is 0 Å². The molecule has 0 heterocycles. The Balaban J connectivity index is 2.70. The Morgan fingerprint density at radius 1 is 0.769 bits per heavy atom. The van der Waals surface area contributed by atoms with E-state index in [2.05, 4.69) is 17.6 Å². The van der Waals surface area contributed by atoms with Crippen molar-refractivity contribution < 1.29 is 19.1 Å². The number of amides is 2. The summed E-state index contributed by atoms with van der Waals surface area (Å²) in [5.74, 6) is 0. The van der Waals surface area contributed by atoms with Crippen LogP contribution >= 0.6 is 0 Å². The van der Waals surface area contributed by atoms with Gasteiger partial charge in [0.25, 0.3) is 0 Å². The highest BCUT2D eigenvalue weighted by Gasteiger charge is 2.17. The van der Waals surface area contributed by atoms with E-state index in [1.807, 2.05) is 59.7 Å². The second kappa shape index (κ2) is 8.92. The van der Waals surface area contributed by atoms with Crippen molar-refractivity contribution in [2.45, 2.75) is 79.2 Å². The largest absolute Gasteiger partial charge is 0.444 e. The van der Waals surface area contributed by atoms with E-state index in [-0.39, 0.29) is 0 Å². The first-order chi connectivity index (χ1) is 11.9. The molecule has 0 unspecified atom stereocenters. The second-order valence-corrected chi connectivity index (χ2v) is 8.22. The average molecular weight is 364 g/mol.